The zero-order chi connectivity index (χ0) is 14.7. The second-order valence-electron chi connectivity index (χ2n) is 7.03. The van der Waals surface area contributed by atoms with Crippen molar-refractivity contribution in [2.24, 2.45) is 11.8 Å². The summed E-state index contributed by atoms with van der Waals surface area (Å²) in [5.41, 5.74) is 0. The molecule has 4 heteroatoms. The fraction of sp³-hybridized carbons (Fsp3) is 0.882. The van der Waals surface area contributed by atoms with Crippen LogP contribution in [0.25, 0.3) is 0 Å². The molecule has 1 aliphatic heterocycles. The van der Waals surface area contributed by atoms with Gasteiger partial charge in [0.15, 0.2) is 0 Å². The van der Waals surface area contributed by atoms with Gasteiger partial charge in [0, 0.05) is 19.1 Å². The largest absolute Gasteiger partial charge is 0.353 e. The summed E-state index contributed by atoms with van der Waals surface area (Å²) in [5, 5.41) is 3.17. The average Bonchev–Trinajstić information content (AvgIpc) is 3.32. The summed E-state index contributed by atoms with van der Waals surface area (Å²) in [4.78, 5) is 26.7. The lowest BCUT2D eigenvalue weighted by atomic mass is 9.95. The molecule has 3 aliphatic rings. The minimum Gasteiger partial charge on any atom is -0.353 e. The number of nitrogens with one attached hydrogen (secondary N) is 1. The van der Waals surface area contributed by atoms with Crippen molar-refractivity contribution in [2.75, 3.05) is 13.1 Å². The Morgan fingerprint density at radius 3 is 2.10 bits per heavy atom. The molecule has 3 rings (SSSR count). The fourth-order valence-electron chi connectivity index (χ4n) is 3.84. The van der Waals surface area contributed by atoms with Crippen LogP contribution in [0.15, 0.2) is 0 Å². The van der Waals surface area contributed by atoms with E-state index in [9.17, 15) is 9.59 Å². The standard InChI is InChI=1S/C17H28N2O2/c20-16(18-13-8-4-3-5-9-13)14-12-15(14)17(21)19-10-6-1-2-7-11-19/h13-15H,1-12H2,(H,18,20). The molecule has 2 unspecified atom stereocenters. The molecule has 2 atom stereocenters. The third kappa shape index (κ3) is 3.78. The smallest absolute Gasteiger partial charge is 0.226 e. The van der Waals surface area contributed by atoms with E-state index in [1.54, 1.807) is 0 Å². The van der Waals surface area contributed by atoms with Crippen molar-refractivity contribution < 1.29 is 9.59 Å². The van der Waals surface area contributed by atoms with Crippen LogP contribution in [0.5, 0.6) is 0 Å². The second-order valence-corrected chi connectivity index (χ2v) is 7.03. The second kappa shape index (κ2) is 6.80. The molecule has 0 aromatic carbocycles. The highest BCUT2D eigenvalue weighted by Gasteiger charge is 2.49. The Labute approximate surface area is 127 Å². The van der Waals surface area contributed by atoms with Crippen LogP contribution in [0.1, 0.15) is 64.2 Å². The molecule has 0 aromatic heterocycles. The normalized spacial score (nSPS) is 30.6. The van der Waals surface area contributed by atoms with Gasteiger partial charge in [0.1, 0.15) is 0 Å². The van der Waals surface area contributed by atoms with E-state index in [1.165, 1.54) is 32.1 Å². The summed E-state index contributed by atoms with van der Waals surface area (Å²) in [6, 6.07) is 0.362. The first-order valence-electron chi connectivity index (χ1n) is 8.85. The molecule has 1 heterocycles. The van der Waals surface area contributed by atoms with E-state index in [0.29, 0.717) is 6.04 Å². The third-order valence-electron chi connectivity index (χ3n) is 5.31. The maximum absolute atomic E-state index is 12.5. The number of carbonyl (C=O) groups excluding carboxylic acids is 2. The zero-order valence-corrected chi connectivity index (χ0v) is 13.0. The molecule has 1 N–H and O–H groups in total. The highest BCUT2D eigenvalue weighted by atomic mass is 16.2. The lowest BCUT2D eigenvalue weighted by Gasteiger charge is -2.23. The van der Waals surface area contributed by atoms with Crippen LogP contribution in [-0.4, -0.2) is 35.8 Å². The Morgan fingerprint density at radius 1 is 0.810 bits per heavy atom. The van der Waals surface area contributed by atoms with Crippen molar-refractivity contribution in [1.82, 2.24) is 10.2 Å². The molecule has 2 saturated carbocycles. The quantitative estimate of drug-likeness (QED) is 0.868. The lowest BCUT2D eigenvalue weighted by molar-refractivity contribution is -0.134. The van der Waals surface area contributed by atoms with Gasteiger partial charge >= 0.3 is 0 Å². The van der Waals surface area contributed by atoms with E-state index in [-0.39, 0.29) is 23.7 Å². The summed E-state index contributed by atoms with van der Waals surface area (Å²) in [7, 11) is 0. The SMILES string of the molecule is O=C(NC1CCCCC1)C1CC1C(=O)N1CCCCCC1. The Kier molecular flexibility index (Phi) is 4.81. The van der Waals surface area contributed by atoms with Gasteiger partial charge in [-0.3, -0.25) is 9.59 Å². The highest BCUT2D eigenvalue weighted by Crippen LogP contribution is 2.40. The number of nitrogens with zero attached hydrogens (tertiary/aromatic N) is 1. The van der Waals surface area contributed by atoms with Gasteiger partial charge in [-0.1, -0.05) is 32.1 Å². The lowest BCUT2D eigenvalue weighted by Crippen LogP contribution is -2.39. The molecule has 21 heavy (non-hydrogen) atoms. The topological polar surface area (TPSA) is 49.4 Å². The van der Waals surface area contributed by atoms with Gasteiger partial charge in [-0.05, 0) is 32.1 Å². The predicted octanol–water partition coefficient (Wildman–Crippen LogP) is 2.47. The molecule has 0 bridgehead atoms. The van der Waals surface area contributed by atoms with Crippen LogP contribution in [-0.2, 0) is 9.59 Å². The maximum Gasteiger partial charge on any atom is 0.226 e. The van der Waals surface area contributed by atoms with Crippen LogP contribution in [0.3, 0.4) is 0 Å². The number of carbonyl (C=O) groups is 2. The Morgan fingerprint density at radius 2 is 1.43 bits per heavy atom. The number of rotatable bonds is 3. The predicted molar refractivity (Wildman–Crippen MR) is 81.7 cm³/mol. The molecular formula is C17H28N2O2. The molecule has 118 valence electrons. The Balaban J connectivity index is 1.46. The molecule has 4 nitrogen and oxygen atoms in total. The third-order valence-corrected chi connectivity index (χ3v) is 5.31. The van der Waals surface area contributed by atoms with Crippen LogP contribution in [0.4, 0.5) is 0 Å². The van der Waals surface area contributed by atoms with Crippen LogP contribution >= 0.6 is 0 Å². The molecule has 3 fully saturated rings. The molecule has 1 saturated heterocycles. The van der Waals surface area contributed by atoms with Gasteiger partial charge in [-0.2, -0.15) is 0 Å². The van der Waals surface area contributed by atoms with Gasteiger partial charge in [0.05, 0.1) is 11.8 Å². The monoisotopic (exact) mass is 292 g/mol. The van der Waals surface area contributed by atoms with Crippen molar-refractivity contribution >= 4 is 11.8 Å². The van der Waals surface area contributed by atoms with Gasteiger partial charge in [0.25, 0.3) is 0 Å². The number of hydrogen-bond acceptors (Lipinski definition) is 2. The summed E-state index contributed by atoms with van der Waals surface area (Å²) >= 11 is 0. The molecule has 0 spiro atoms. The molecule has 0 radical (unpaired) electrons. The Bertz CT molecular complexity index is 382. The number of hydrogen-bond donors (Lipinski definition) is 1. The van der Waals surface area contributed by atoms with Crippen molar-refractivity contribution in [2.45, 2.75) is 70.3 Å². The Hall–Kier alpha value is -1.06. The summed E-state index contributed by atoms with van der Waals surface area (Å²) in [6.45, 7) is 1.79. The van der Waals surface area contributed by atoms with Crippen molar-refractivity contribution in [3.8, 4) is 0 Å². The van der Waals surface area contributed by atoms with Crippen LogP contribution < -0.4 is 5.32 Å². The first kappa shape index (κ1) is 14.9. The van der Waals surface area contributed by atoms with Gasteiger partial charge < -0.3 is 10.2 Å². The molecule has 2 amide bonds. The average molecular weight is 292 g/mol. The molecule has 0 aromatic rings. The number of amides is 2. The highest BCUT2D eigenvalue weighted by molar-refractivity contribution is 5.92. The van der Waals surface area contributed by atoms with Crippen molar-refractivity contribution in [3.63, 3.8) is 0 Å². The van der Waals surface area contributed by atoms with Crippen LogP contribution in [0.2, 0.25) is 0 Å². The first-order chi connectivity index (χ1) is 10.3. The van der Waals surface area contributed by atoms with E-state index in [2.05, 4.69) is 5.32 Å². The van der Waals surface area contributed by atoms with Crippen molar-refractivity contribution in [3.05, 3.63) is 0 Å². The zero-order valence-electron chi connectivity index (χ0n) is 13.0. The van der Waals surface area contributed by atoms with E-state index < -0.39 is 0 Å². The molecular weight excluding hydrogens is 264 g/mol. The van der Waals surface area contributed by atoms with Crippen LogP contribution in [0, 0.1) is 11.8 Å². The maximum atomic E-state index is 12.5. The van der Waals surface area contributed by atoms with E-state index in [4.69, 9.17) is 0 Å². The van der Waals surface area contributed by atoms with Gasteiger partial charge in [-0.15, -0.1) is 0 Å². The number of likely N-dealkylation sites (tertiary alicyclic amines) is 1. The van der Waals surface area contributed by atoms with E-state index in [0.717, 1.165) is 45.2 Å². The van der Waals surface area contributed by atoms with Gasteiger partial charge in [0.2, 0.25) is 11.8 Å². The van der Waals surface area contributed by atoms with E-state index in [1.807, 2.05) is 4.90 Å². The minimum atomic E-state index is -0.0392. The van der Waals surface area contributed by atoms with E-state index >= 15 is 0 Å². The fourth-order valence-corrected chi connectivity index (χ4v) is 3.84. The molecule has 2 aliphatic carbocycles. The summed E-state index contributed by atoms with van der Waals surface area (Å²) in [5.74, 6) is 0.310. The summed E-state index contributed by atoms with van der Waals surface area (Å²) in [6.07, 6.45) is 11.5. The summed E-state index contributed by atoms with van der Waals surface area (Å²) < 4.78 is 0. The first-order valence-corrected chi connectivity index (χ1v) is 8.85. The van der Waals surface area contributed by atoms with Crippen molar-refractivity contribution in [1.29, 1.82) is 0 Å². The minimum absolute atomic E-state index is 0.0216. The van der Waals surface area contributed by atoms with Gasteiger partial charge in [-0.25, -0.2) is 0 Å².